The van der Waals surface area contributed by atoms with Crippen molar-refractivity contribution in [3.05, 3.63) is 41.0 Å². The molecule has 7 heteroatoms. The number of ether oxygens (including phenoxy) is 1. The number of morpholine rings is 1. The van der Waals surface area contributed by atoms with Gasteiger partial charge in [0.05, 0.1) is 24.5 Å². The van der Waals surface area contributed by atoms with E-state index in [4.69, 9.17) is 4.74 Å². The number of aryl methyl sites for hydroxylation is 3. The van der Waals surface area contributed by atoms with Crippen molar-refractivity contribution in [3.8, 4) is 0 Å². The molecule has 1 fully saturated rings. The van der Waals surface area contributed by atoms with Crippen LogP contribution in [0.2, 0.25) is 0 Å². The van der Waals surface area contributed by atoms with Crippen LogP contribution in [0.1, 0.15) is 39.4 Å². The molecule has 7 nitrogen and oxygen atoms in total. The monoisotopic (exact) mass is 301 g/mol. The van der Waals surface area contributed by atoms with Crippen LogP contribution in [-0.4, -0.2) is 50.5 Å². The number of imidazole rings is 1. The molecule has 22 heavy (non-hydrogen) atoms. The number of amides is 1. The number of aromatic amines is 1. The van der Waals surface area contributed by atoms with Crippen molar-refractivity contribution in [1.29, 1.82) is 0 Å². The third kappa shape index (κ3) is 2.71. The molecule has 1 atom stereocenters. The fourth-order valence-electron chi connectivity index (χ4n) is 2.62. The summed E-state index contributed by atoms with van der Waals surface area (Å²) in [5.74, 6) is 1.32. The lowest BCUT2D eigenvalue weighted by Crippen LogP contribution is -2.44. The number of nitrogens with one attached hydrogen (secondary N) is 1. The maximum Gasteiger partial charge on any atom is 0.258 e. The van der Waals surface area contributed by atoms with Crippen LogP contribution in [0, 0.1) is 20.8 Å². The summed E-state index contributed by atoms with van der Waals surface area (Å²) in [4.78, 5) is 30.6. The molecule has 1 aliphatic heterocycles. The van der Waals surface area contributed by atoms with Crippen molar-refractivity contribution in [2.75, 3.05) is 19.8 Å². The van der Waals surface area contributed by atoms with Gasteiger partial charge in [-0.25, -0.2) is 15.0 Å². The van der Waals surface area contributed by atoms with Crippen LogP contribution in [0.5, 0.6) is 0 Å². The fourth-order valence-corrected chi connectivity index (χ4v) is 2.62. The van der Waals surface area contributed by atoms with Crippen molar-refractivity contribution in [2.45, 2.75) is 26.8 Å². The zero-order chi connectivity index (χ0) is 15.7. The second-order valence-corrected chi connectivity index (χ2v) is 5.46. The van der Waals surface area contributed by atoms with Gasteiger partial charge >= 0.3 is 0 Å². The average molecular weight is 301 g/mol. The number of hydrogen-bond donors (Lipinski definition) is 1. The Morgan fingerprint density at radius 3 is 2.82 bits per heavy atom. The Morgan fingerprint density at radius 1 is 1.32 bits per heavy atom. The van der Waals surface area contributed by atoms with Gasteiger partial charge in [0, 0.05) is 24.6 Å². The van der Waals surface area contributed by atoms with E-state index in [9.17, 15) is 4.79 Å². The van der Waals surface area contributed by atoms with Gasteiger partial charge in [-0.2, -0.15) is 0 Å². The normalized spacial score (nSPS) is 18.5. The second kappa shape index (κ2) is 5.84. The minimum Gasteiger partial charge on any atom is -0.377 e. The zero-order valence-electron chi connectivity index (χ0n) is 13.0. The highest BCUT2D eigenvalue weighted by atomic mass is 16.5. The van der Waals surface area contributed by atoms with Crippen molar-refractivity contribution in [1.82, 2.24) is 24.8 Å². The third-order valence-corrected chi connectivity index (χ3v) is 3.76. The Morgan fingerprint density at radius 2 is 2.14 bits per heavy atom. The molecule has 0 bridgehead atoms. The van der Waals surface area contributed by atoms with E-state index >= 15 is 0 Å². The molecule has 0 aromatic carbocycles. The van der Waals surface area contributed by atoms with Gasteiger partial charge in [0.25, 0.3) is 5.91 Å². The van der Waals surface area contributed by atoms with Crippen molar-refractivity contribution < 1.29 is 9.53 Å². The predicted octanol–water partition coefficient (Wildman–Crippen LogP) is 1.34. The first kappa shape index (κ1) is 14.6. The molecular weight excluding hydrogens is 282 g/mol. The highest BCUT2D eigenvalue weighted by molar-refractivity contribution is 5.95. The van der Waals surface area contributed by atoms with Gasteiger partial charge in [-0.3, -0.25) is 4.79 Å². The molecule has 2 aromatic rings. The van der Waals surface area contributed by atoms with E-state index < -0.39 is 0 Å². The molecule has 3 heterocycles. The topological polar surface area (TPSA) is 84.0 Å². The summed E-state index contributed by atoms with van der Waals surface area (Å²) in [5.41, 5.74) is 2.18. The highest BCUT2D eigenvalue weighted by Gasteiger charge is 2.32. The van der Waals surface area contributed by atoms with Crippen molar-refractivity contribution in [3.63, 3.8) is 0 Å². The van der Waals surface area contributed by atoms with E-state index in [-0.39, 0.29) is 11.9 Å². The maximum atomic E-state index is 12.9. The number of carbonyl (C=O) groups excluding carboxylic acids is 1. The van der Waals surface area contributed by atoms with E-state index in [1.54, 1.807) is 17.3 Å². The SMILES string of the molecule is Cc1ncc(C(=O)N2CCOC[C@H]2c2ncc(C)[nH]2)c(C)n1. The molecule has 0 spiro atoms. The van der Waals surface area contributed by atoms with Gasteiger partial charge in [0.1, 0.15) is 17.7 Å². The lowest BCUT2D eigenvalue weighted by atomic mass is 10.1. The summed E-state index contributed by atoms with van der Waals surface area (Å²) >= 11 is 0. The van der Waals surface area contributed by atoms with Crippen molar-refractivity contribution in [2.24, 2.45) is 0 Å². The molecule has 1 amide bonds. The van der Waals surface area contributed by atoms with Crippen LogP contribution in [0.15, 0.2) is 12.4 Å². The van der Waals surface area contributed by atoms with Crippen LogP contribution in [-0.2, 0) is 4.74 Å². The smallest absolute Gasteiger partial charge is 0.258 e. The molecule has 0 unspecified atom stereocenters. The lowest BCUT2D eigenvalue weighted by Gasteiger charge is -2.34. The van der Waals surface area contributed by atoms with Crippen LogP contribution in [0.4, 0.5) is 0 Å². The third-order valence-electron chi connectivity index (χ3n) is 3.76. The molecule has 0 aliphatic carbocycles. The molecule has 2 aromatic heterocycles. The minimum absolute atomic E-state index is 0.0835. The van der Waals surface area contributed by atoms with Gasteiger partial charge in [0.15, 0.2) is 0 Å². The van der Waals surface area contributed by atoms with Gasteiger partial charge in [-0.1, -0.05) is 0 Å². The molecule has 3 rings (SSSR count). The molecule has 1 saturated heterocycles. The number of carbonyl (C=O) groups is 1. The summed E-state index contributed by atoms with van der Waals surface area (Å²) < 4.78 is 5.53. The number of nitrogens with zero attached hydrogens (tertiary/aromatic N) is 4. The number of H-pyrrole nitrogens is 1. The molecule has 0 radical (unpaired) electrons. The van der Waals surface area contributed by atoms with E-state index in [0.29, 0.717) is 36.8 Å². The summed E-state index contributed by atoms with van der Waals surface area (Å²) in [6.45, 7) is 7.05. The summed E-state index contributed by atoms with van der Waals surface area (Å²) in [5, 5.41) is 0. The van der Waals surface area contributed by atoms with Gasteiger partial charge < -0.3 is 14.6 Å². The van der Waals surface area contributed by atoms with E-state index in [1.807, 2.05) is 20.8 Å². The van der Waals surface area contributed by atoms with Crippen LogP contribution in [0.3, 0.4) is 0 Å². The Kier molecular flexibility index (Phi) is 3.89. The predicted molar refractivity (Wildman–Crippen MR) is 79.4 cm³/mol. The van der Waals surface area contributed by atoms with Gasteiger partial charge in [0.2, 0.25) is 0 Å². The van der Waals surface area contributed by atoms with Crippen LogP contribution >= 0.6 is 0 Å². The van der Waals surface area contributed by atoms with Crippen LogP contribution < -0.4 is 0 Å². The highest BCUT2D eigenvalue weighted by Crippen LogP contribution is 2.24. The van der Waals surface area contributed by atoms with E-state index in [1.165, 1.54) is 0 Å². The first-order valence-corrected chi connectivity index (χ1v) is 7.26. The Balaban J connectivity index is 1.91. The fraction of sp³-hybridized carbons (Fsp3) is 0.467. The van der Waals surface area contributed by atoms with Gasteiger partial charge in [-0.15, -0.1) is 0 Å². The largest absolute Gasteiger partial charge is 0.377 e. The first-order chi connectivity index (χ1) is 10.6. The second-order valence-electron chi connectivity index (χ2n) is 5.46. The van der Waals surface area contributed by atoms with Gasteiger partial charge in [-0.05, 0) is 20.8 Å². The van der Waals surface area contributed by atoms with E-state index in [2.05, 4.69) is 19.9 Å². The Bertz CT molecular complexity index is 697. The Hall–Kier alpha value is -2.28. The van der Waals surface area contributed by atoms with Crippen LogP contribution in [0.25, 0.3) is 0 Å². The summed E-state index contributed by atoms with van der Waals surface area (Å²) in [7, 11) is 0. The number of aromatic nitrogens is 4. The molecule has 1 N–H and O–H groups in total. The molecule has 0 saturated carbocycles. The average Bonchev–Trinajstić information content (AvgIpc) is 2.93. The lowest BCUT2D eigenvalue weighted by molar-refractivity contribution is -0.00510. The van der Waals surface area contributed by atoms with Crippen molar-refractivity contribution >= 4 is 5.91 Å². The molecule has 1 aliphatic rings. The molecular formula is C15H19N5O2. The first-order valence-electron chi connectivity index (χ1n) is 7.26. The van der Waals surface area contributed by atoms with E-state index in [0.717, 1.165) is 11.5 Å². The summed E-state index contributed by atoms with van der Waals surface area (Å²) in [6, 6.07) is -0.212. The number of hydrogen-bond acceptors (Lipinski definition) is 5. The molecule has 116 valence electrons. The summed E-state index contributed by atoms with van der Waals surface area (Å²) in [6.07, 6.45) is 3.35. The maximum absolute atomic E-state index is 12.9. The standard InChI is InChI=1S/C15H19N5O2/c1-9-6-17-14(18-9)13-8-22-5-4-20(13)15(21)12-7-16-11(3)19-10(12)2/h6-7,13H,4-5,8H2,1-3H3,(H,17,18)/t13-/m0/s1. The quantitative estimate of drug-likeness (QED) is 0.905. The minimum atomic E-state index is -0.212. The Labute approximate surface area is 128 Å². The number of rotatable bonds is 2. The zero-order valence-corrected chi connectivity index (χ0v) is 13.0.